The van der Waals surface area contributed by atoms with Gasteiger partial charge in [-0.1, -0.05) is 0 Å². The summed E-state index contributed by atoms with van der Waals surface area (Å²) in [6.07, 6.45) is -4.72. The number of halogens is 3. The molecule has 0 aliphatic carbocycles. The molecule has 0 saturated heterocycles. The van der Waals surface area contributed by atoms with E-state index in [1.54, 1.807) is 0 Å². The summed E-state index contributed by atoms with van der Waals surface area (Å²) in [4.78, 5) is 7.24. The Bertz CT molecular complexity index is 481. The molecule has 0 aliphatic rings. The molecular formula is C10H12F3N5O. The van der Waals surface area contributed by atoms with Crippen LogP contribution in [0, 0.1) is 0 Å². The maximum absolute atomic E-state index is 11.9. The van der Waals surface area contributed by atoms with E-state index >= 15 is 0 Å². The lowest BCUT2D eigenvalue weighted by molar-refractivity contribution is -0.274. The highest BCUT2D eigenvalue weighted by molar-refractivity contribution is 6.00. The maximum atomic E-state index is 11.9. The van der Waals surface area contributed by atoms with Crippen LogP contribution in [0.4, 0.5) is 18.9 Å². The molecule has 0 saturated carbocycles. The number of nitrogens with two attached hydrogens (primary N) is 2. The molecular weight excluding hydrogens is 263 g/mol. The number of rotatable bonds is 2. The van der Waals surface area contributed by atoms with Gasteiger partial charge in [0.1, 0.15) is 5.75 Å². The van der Waals surface area contributed by atoms with Crippen LogP contribution in [0.15, 0.2) is 34.3 Å². The Kier molecular flexibility index (Phi) is 4.56. The first-order valence-electron chi connectivity index (χ1n) is 4.99. The molecule has 0 unspecified atom stereocenters. The Morgan fingerprint density at radius 3 is 2.26 bits per heavy atom. The van der Waals surface area contributed by atoms with Crippen LogP contribution < -0.4 is 21.5 Å². The van der Waals surface area contributed by atoms with Crippen LogP contribution >= 0.6 is 0 Å². The molecule has 1 rings (SSSR count). The largest absolute Gasteiger partial charge is 0.573 e. The fourth-order valence-electron chi connectivity index (χ4n) is 1.09. The SMILES string of the molecule is CN=C(N)N=C(N)Nc1ccc(OC(F)(F)F)cc1. The van der Waals surface area contributed by atoms with Gasteiger partial charge in [0.15, 0.2) is 0 Å². The molecule has 0 fully saturated rings. The van der Waals surface area contributed by atoms with Gasteiger partial charge in [-0.25, -0.2) is 0 Å². The average molecular weight is 275 g/mol. The second-order valence-corrected chi connectivity index (χ2v) is 3.28. The zero-order valence-corrected chi connectivity index (χ0v) is 9.90. The summed E-state index contributed by atoms with van der Waals surface area (Å²) in [5.74, 6) is -0.391. The van der Waals surface area contributed by atoms with Crippen molar-refractivity contribution in [2.45, 2.75) is 6.36 Å². The minimum absolute atomic E-state index is 0.0259. The molecule has 0 spiro atoms. The Labute approximate surface area is 107 Å². The van der Waals surface area contributed by atoms with Crippen LogP contribution in [0.2, 0.25) is 0 Å². The van der Waals surface area contributed by atoms with E-state index in [0.717, 1.165) is 12.1 Å². The minimum Gasteiger partial charge on any atom is -0.406 e. The molecule has 6 nitrogen and oxygen atoms in total. The van der Waals surface area contributed by atoms with Crippen LogP contribution in [0.25, 0.3) is 0 Å². The number of aliphatic imine (C=N–C) groups is 2. The highest BCUT2D eigenvalue weighted by Crippen LogP contribution is 2.23. The topological polar surface area (TPSA) is 98.0 Å². The quantitative estimate of drug-likeness (QED) is 0.559. The van der Waals surface area contributed by atoms with Crippen LogP contribution in [0.5, 0.6) is 5.75 Å². The Hall–Kier alpha value is -2.45. The molecule has 0 atom stereocenters. The summed E-state index contributed by atoms with van der Waals surface area (Å²) in [5, 5.41) is 2.63. The number of nitrogens with zero attached hydrogens (tertiary/aromatic N) is 2. The molecule has 5 N–H and O–H groups in total. The lowest BCUT2D eigenvalue weighted by atomic mass is 10.3. The van der Waals surface area contributed by atoms with Gasteiger partial charge in [-0.05, 0) is 24.3 Å². The minimum atomic E-state index is -4.72. The van der Waals surface area contributed by atoms with Crippen molar-refractivity contribution in [2.24, 2.45) is 21.5 Å². The second kappa shape index (κ2) is 5.94. The Balaban J connectivity index is 2.70. The molecule has 1 aromatic rings. The fourth-order valence-corrected chi connectivity index (χ4v) is 1.09. The van der Waals surface area contributed by atoms with Gasteiger partial charge in [0, 0.05) is 12.7 Å². The normalized spacial score (nSPS) is 13.3. The number of benzene rings is 1. The van der Waals surface area contributed by atoms with E-state index in [-0.39, 0.29) is 17.7 Å². The Morgan fingerprint density at radius 1 is 1.21 bits per heavy atom. The summed E-state index contributed by atoms with van der Waals surface area (Å²) in [6, 6.07) is 4.98. The smallest absolute Gasteiger partial charge is 0.406 e. The van der Waals surface area contributed by atoms with Crippen molar-refractivity contribution >= 4 is 17.6 Å². The first-order valence-corrected chi connectivity index (χ1v) is 4.99. The molecule has 0 aromatic heterocycles. The summed E-state index contributed by atoms with van der Waals surface area (Å²) >= 11 is 0. The van der Waals surface area contributed by atoms with Gasteiger partial charge >= 0.3 is 6.36 Å². The van der Waals surface area contributed by atoms with Crippen molar-refractivity contribution < 1.29 is 17.9 Å². The van der Waals surface area contributed by atoms with E-state index in [9.17, 15) is 13.2 Å². The summed E-state index contributed by atoms with van der Waals surface area (Å²) in [5.41, 5.74) is 11.2. The van der Waals surface area contributed by atoms with Crippen LogP contribution in [0.3, 0.4) is 0 Å². The molecule has 9 heteroatoms. The zero-order valence-electron chi connectivity index (χ0n) is 9.90. The average Bonchev–Trinajstić information content (AvgIpc) is 2.29. The van der Waals surface area contributed by atoms with E-state index in [0.29, 0.717) is 5.69 Å². The molecule has 0 heterocycles. The van der Waals surface area contributed by atoms with Gasteiger partial charge < -0.3 is 21.5 Å². The van der Waals surface area contributed by atoms with E-state index < -0.39 is 6.36 Å². The summed E-state index contributed by atoms with van der Waals surface area (Å²) in [6.45, 7) is 0. The van der Waals surface area contributed by atoms with Crippen LogP contribution in [-0.4, -0.2) is 25.3 Å². The summed E-state index contributed by atoms with van der Waals surface area (Å²) in [7, 11) is 1.44. The van der Waals surface area contributed by atoms with E-state index in [1.165, 1.54) is 19.2 Å². The molecule has 0 aliphatic heterocycles. The lowest BCUT2D eigenvalue weighted by Crippen LogP contribution is -2.26. The van der Waals surface area contributed by atoms with Crippen molar-refractivity contribution in [1.82, 2.24) is 0 Å². The van der Waals surface area contributed by atoms with Gasteiger partial charge in [0.05, 0.1) is 0 Å². The number of nitrogens with one attached hydrogen (secondary N) is 1. The van der Waals surface area contributed by atoms with Crippen molar-refractivity contribution in [2.75, 3.05) is 12.4 Å². The number of hydrogen-bond acceptors (Lipinski definition) is 2. The molecule has 0 radical (unpaired) electrons. The third-order valence-corrected chi connectivity index (χ3v) is 1.82. The van der Waals surface area contributed by atoms with E-state index in [4.69, 9.17) is 11.5 Å². The highest BCUT2D eigenvalue weighted by Gasteiger charge is 2.30. The van der Waals surface area contributed by atoms with Gasteiger partial charge in [-0.3, -0.25) is 4.99 Å². The van der Waals surface area contributed by atoms with Crippen molar-refractivity contribution in [3.05, 3.63) is 24.3 Å². The first kappa shape index (κ1) is 14.6. The van der Waals surface area contributed by atoms with E-state index in [2.05, 4.69) is 20.0 Å². The first-order chi connectivity index (χ1) is 8.80. The predicted molar refractivity (Wildman–Crippen MR) is 65.9 cm³/mol. The molecule has 0 bridgehead atoms. The molecule has 19 heavy (non-hydrogen) atoms. The monoisotopic (exact) mass is 275 g/mol. The lowest BCUT2D eigenvalue weighted by Gasteiger charge is -2.10. The molecule has 1 aromatic carbocycles. The predicted octanol–water partition coefficient (Wildman–Crippen LogP) is 1.26. The van der Waals surface area contributed by atoms with Crippen LogP contribution in [-0.2, 0) is 0 Å². The van der Waals surface area contributed by atoms with Crippen molar-refractivity contribution in [3.8, 4) is 5.75 Å². The number of alkyl halides is 3. The summed E-state index contributed by atoms with van der Waals surface area (Å²) < 4.78 is 39.5. The standard InChI is InChI=1S/C10H12F3N5O/c1-16-8(14)18-9(15)17-6-2-4-7(5-3-6)19-10(11,12)13/h2-5H,1H3,(H5,14,15,16,17,18). The molecule has 0 amide bonds. The molecule has 104 valence electrons. The zero-order chi connectivity index (χ0) is 14.5. The number of guanidine groups is 2. The fraction of sp³-hybridized carbons (Fsp3) is 0.200. The Morgan fingerprint density at radius 2 is 1.79 bits per heavy atom. The number of ether oxygens (including phenoxy) is 1. The van der Waals surface area contributed by atoms with Gasteiger partial charge in [-0.15, -0.1) is 13.2 Å². The van der Waals surface area contributed by atoms with Gasteiger partial charge in [0.25, 0.3) is 0 Å². The van der Waals surface area contributed by atoms with Crippen molar-refractivity contribution in [1.29, 1.82) is 0 Å². The van der Waals surface area contributed by atoms with Crippen LogP contribution in [0.1, 0.15) is 0 Å². The maximum Gasteiger partial charge on any atom is 0.573 e. The number of anilines is 1. The van der Waals surface area contributed by atoms with E-state index in [1.807, 2.05) is 0 Å². The highest BCUT2D eigenvalue weighted by atomic mass is 19.4. The second-order valence-electron chi connectivity index (χ2n) is 3.28. The third kappa shape index (κ3) is 5.61. The van der Waals surface area contributed by atoms with Gasteiger partial charge in [-0.2, -0.15) is 4.99 Å². The van der Waals surface area contributed by atoms with Gasteiger partial charge in [0.2, 0.25) is 11.9 Å². The number of hydrogen-bond donors (Lipinski definition) is 3. The third-order valence-electron chi connectivity index (χ3n) is 1.82. The van der Waals surface area contributed by atoms with Crippen molar-refractivity contribution in [3.63, 3.8) is 0 Å².